The Kier molecular flexibility index (Phi) is 23.3. The maximum absolute atomic E-state index is 11.3. The van der Waals surface area contributed by atoms with Crippen molar-refractivity contribution in [3.63, 3.8) is 0 Å². The van der Waals surface area contributed by atoms with Gasteiger partial charge in [-0.25, -0.2) is 0 Å². The molecule has 7 N–H and O–H groups in total. The van der Waals surface area contributed by atoms with Crippen molar-refractivity contribution < 1.29 is 87.9 Å². The molecule has 0 saturated carbocycles. The molecule has 0 aromatic rings. The molecule has 0 spiro atoms. The molecule has 18 heteroatoms. The van der Waals surface area contributed by atoms with E-state index >= 15 is 0 Å². The second-order valence-corrected chi connectivity index (χ2v) is 11.1. The normalized spacial score (nSPS) is 38.4. The Balaban J connectivity index is 0.000000378. The van der Waals surface area contributed by atoms with Crippen LogP contribution in [0.3, 0.4) is 0 Å². The smallest absolute Gasteiger partial charge is 0.187 e. The molecule has 3 fully saturated rings. The van der Waals surface area contributed by atoms with Crippen molar-refractivity contribution in [2.24, 2.45) is 5.92 Å². The van der Waals surface area contributed by atoms with Crippen molar-refractivity contribution in [1.29, 1.82) is 0 Å². The van der Waals surface area contributed by atoms with Gasteiger partial charge in [-0.3, -0.25) is 0 Å². The molecule has 3 heterocycles. The fourth-order valence-electron chi connectivity index (χ4n) is 5.13. The minimum Gasteiger partial charge on any atom is -0.394 e. The highest BCUT2D eigenvalue weighted by Crippen LogP contribution is 2.30. The number of carbonyl (C=O) groups is 1. The third-order valence-electron chi connectivity index (χ3n) is 7.72. The van der Waals surface area contributed by atoms with Crippen LogP contribution in [0, 0.1) is 5.92 Å². The third-order valence-corrected chi connectivity index (χ3v) is 7.72. The van der Waals surface area contributed by atoms with Crippen molar-refractivity contribution in [1.82, 2.24) is 0 Å². The number of carbonyl (C=O) groups excluding carboxylic acids is 1. The SMILES string of the molecule is C=CCOC1OC(CO)C(O)C(O)C1O.C=CCOC1OC(COC)C(C=O)C(OC)C1OC.C=CCOC1OC(COC)C(O)C(O)C1O. The lowest BCUT2D eigenvalue weighted by molar-refractivity contribution is -0.299. The fraction of sp³-hybridized carbons (Fsp3) is 0.781. The lowest BCUT2D eigenvalue weighted by Gasteiger charge is -2.43. The van der Waals surface area contributed by atoms with Crippen LogP contribution in [0.4, 0.5) is 0 Å². The number of aliphatic hydroxyl groups is 7. The maximum Gasteiger partial charge on any atom is 0.187 e. The van der Waals surface area contributed by atoms with Gasteiger partial charge in [0.2, 0.25) is 0 Å². The second kappa shape index (κ2) is 25.2. The van der Waals surface area contributed by atoms with E-state index in [1.807, 2.05) is 0 Å². The molecule has 0 aromatic carbocycles. The number of methoxy groups -OCH3 is 4. The first-order valence-electron chi connectivity index (χ1n) is 15.8. The van der Waals surface area contributed by atoms with Gasteiger partial charge in [0.05, 0.1) is 51.7 Å². The molecular formula is C32H56O18. The van der Waals surface area contributed by atoms with Crippen molar-refractivity contribution in [2.45, 2.75) is 86.0 Å². The summed E-state index contributed by atoms with van der Waals surface area (Å²) in [5.41, 5.74) is 0. The molecule has 0 aliphatic carbocycles. The second-order valence-electron chi connectivity index (χ2n) is 11.1. The van der Waals surface area contributed by atoms with Crippen LogP contribution in [-0.4, -0.2) is 196 Å². The average Bonchev–Trinajstić information content (AvgIpc) is 3.12. The Morgan fingerprint density at radius 2 is 0.960 bits per heavy atom. The number of ether oxygens (including phenoxy) is 10. The van der Waals surface area contributed by atoms with Crippen LogP contribution in [-0.2, 0) is 52.2 Å². The molecule has 15 atom stereocenters. The minimum atomic E-state index is -1.40. The molecule has 15 unspecified atom stereocenters. The van der Waals surface area contributed by atoms with Gasteiger partial charge in [-0.2, -0.15) is 0 Å². The highest BCUT2D eigenvalue weighted by atomic mass is 16.7. The van der Waals surface area contributed by atoms with Gasteiger partial charge < -0.3 is 87.9 Å². The van der Waals surface area contributed by atoms with E-state index in [-0.39, 0.29) is 26.4 Å². The third kappa shape index (κ3) is 13.3. The number of aldehydes is 1. The molecular weight excluding hydrogens is 672 g/mol. The van der Waals surface area contributed by atoms with Crippen LogP contribution >= 0.6 is 0 Å². The molecule has 3 aliphatic heterocycles. The zero-order valence-corrected chi connectivity index (χ0v) is 29.0. The Labute approximate surface area is 292 Å². The van der Waals surface area contributed by atoms with Gasteiger partial charge in [-0.05, 0) is 0 Å². The van der Waals surface area contributed by atoms with E-state index in [1.165, 1.54) is 33.5 Å². The van der Waals surface area contributed by atoms with E-state index in [9.17, 15) is 35.4 Å². The molecule has 3 aliphatic rings. The van der Waals surface area contributed by atoms with Crippen LogP contribution in [0.5, 0.6) is 0 Å². The van der Waals surface area contributed by atoms with Crippen molar-refractivity contribution in [3.05, 3.63) is 38.0 Å². The molecule has 0 radical (unpaired) electrons. The summed E-state index contributed by atoms with van der Waals surface area (Å²) in [6, 6.07) is 0. The van der Waals surface area contributed by atoms with Gasteiger partial charge in [0, 0.05) is 28.4 Å². The first-order chi connectivity index (χ1) is 24.0. The molecule has 18 nitrogen and oxygen atoms in total. The zero-order valence-electron chi connectivity index (χ0n) is 29.0. The standard InChI is InChI=1S/C13H22O6.C10H18O6.C9H16O6/c1-5-6-18-13-12(17-4)11(16-3)9(7-14)10(19-13)8-15-2;1-3-4-15-10-9(13)8(12)7(11)6(16-10)5-14-2;1-2-3-14-9-8(13)7(12)6(11)5(4-10)15-9/h5,7,9-13H,1,6,8H2,2-4H3;3,6-13H,1,4-5H2,2H3;2,5-13H,1,3-4H2. The van der Waals surface area contributed by atoms with Gasteiger partial charge in [0.15, 0.2) is 18.9 Å². The first kappa shape index (κ1) is 46.2. The molecule has 50 heavy (non-hydrogen) atoms. The summed E-state index contributed by atoms with van der Waals surface area (Å²) in [5.74, 6) is -0.460. The summed E-state index contributed by atoms with van der Waals surface area (Å²) in [6.45, 7) is 11.1. The van der Waals surface area contributed by atoms with Crippen molar-refractivity contribution in [2.75, 3.05) is 68.1 Å². The lowest BCUT2D eigenvalue weighted by atomic mass is 9.90. The van der Waals surface area contributed by atoms with Gasteiger partial charge in [0.1, 0.15) is 67.3 Å². The topological polar surface area (TPSA) is 251 Å². The predicted octanol–water partition coefficient (Wildman–Crippen LogP) is -2.96. The Bertz CT molecular complexity index is 941. The van der Waals surface area contributed by atoms with Crippen molar-refractivity contribution in [3.8, 4) is 0 Å². The summed E-state index contributed by atoms with van der Waals surface area (Å²) < 4.78 is 52.4. The lowest BCUT2D eigenvalue weighted by Crippen LogP contribution is -2.59. The number of aliphatic hydroxyl groups excluding tert-OH is 7. The van der Waals surface area contributed by atoms with Crippen molar-refractivity contribution >= 4 is 6.29 Å². The largest absolute Gasteiger partial charge is 0.394 e. The molecule has 3 rings (SSSR count). The summed E-state index contributed by atoms with van der Waals surface area (Å²) >= 11 is 0. The van der Waals surface area contributed by atoms with E-state index < -0.39 is 98.5 Å². The molecule has 0 bridgehead atoms. The Hall–Kier alpha value is -1.79. The summed E-state index contributed by atoms with van der Waals surface area (Å²) in [4.78, 5) is 11.3. The fourth-order valence-corrected chi connectivity index (χ4v) is 5.13. The Morgan fingerprint density at radius 3 is 1.36 bits per heavy atom. The van der Waals surface area contributed by atoms with E-state index in [2.05, 4.69) is 19.7 Å². The maximum atomic E-state index is 11.3. The first-order valence-corrected chi connectivity index (χ1v) is 15.8. The highest BCUT2D eigenvalue weighted by Gasteiger charge is 2.47. The quantitative estimate of drug-likeness (QED) is 0.0584. The van der Waals surface area contributed by atoms with Crippen LogP contribution in [0.1, 0.15) is 0 Å². The van der Waals surface area contributed by atoms with Crippen LogP contribution < -0.4 is 0 Å². The van der Waals surface area contributed by atoms with Gasteiger partial charge in [-0.1, -0.05) is 18.2 Å². The molecule has 0 amide bonds. The number of rotatable bonds is 17. The number of hydrogen-bond acceptors (Lipinski definition) is 18. The summed E-state index contributed by atoms with van der Waals surface area (Å²) in [6.07, 6.45) is -8.18. The summed E-state index contributed by atoms with van der Waals surface area (Å²) in [7, 11) is 6.07. The molecule has 292 valence electrons. The molecule has 0 aromatic heterocycles. The molecule has 3 saturated heterocycles. The van der Waals surface area contributed by atoms with Gasteiger partial charge in [-0.15, -0.1) is 19.7 Å². The Morgan fingerprint density at radius 1 is 0.560 bits per heavy atom. The minimum absolute atomic E-state index is 0.110. The van der Waals surface area contributed by atoms with Gasteiger partial charge >= 0.3 is 0 Å². The average molecular weight is 729 g/mol. The van der Waals surface area contributed by atoms with E-state index in [4.69, 9.17) is 52.5 Å². The monoisotopic (exact) mass is 728 g/mol. The summed E-state index contributed by atoms with van der Waals surface area (Å²) in [5, 5.41) is 65.9. The van der Waals surface area contributed by atoms with Crippen LogP contribution in [0.15, 0.2) is 38.0 Å². The van der Waals surface area contributed by atoms with Crippen LogP contribution in [0.2, 0.25) is 0 Å². The number of hydrogen-bond donors (Lipinski definition) is 7. The van der Waals surface area contributed by atoms with E-state index in [1.54, 1.807) is 13.2 Å². The van der Waals surface area contributed by atoms with Crippen LogP contribution in [0.25, 0.3) is 0 Å². The predicted molar refractivity (Wildman–Crippen MR) is 172 cm³/mol. The highest BCUT2D eigenvalue weighted by molar-refractivity contribution is 5.56. The van der Waals surface area contributed by atoms with Gasteiger partial charge in [0.25, 0.3) is 0 Å². The zero-order chi connectivity index (χ0) is 37.8. The van der Waals surface area contributed by atoms with E-state index in [0.29, 0.717) is 6.61 Å². The van der Waals surface area contributed by atoms with E-state index in [0.717, 1.165) is 6.29 Å².